The van der Waals surface area contributed by atoms with E-state index in [0.717, 1.165) is 67.2 Å². The summed E-state index contributed by atoms with van der Waals surface area (Å²) in [5, 5.41) is 22.9. The van der Waals surface area contributed by atoms with Crippen molar-refractivity contribution < 1.29 is 14.9 Å². The van der Waals surface area contributed by atoms with Crippen molar-refractivity contribution in [1.82, 2.24) is 4.90 Å². The molecule has 0 spiro atoms. The minimum Gasteiger partial charge on any atom is -0.491 e. The van der Waals surface area contributed by atoms with Crippen LogP contribution in [0.4, 0.5) is 5.69 Å². The van der Waals surface area contributed by atoms with Gasteiger partial charge in [0.15, 0.2) is 0 Å². The summed E-state index contributed by atoms with van der Waals surface area (Å²) in [7, 11) is 4.17. The Hall–Kier alpha value is -2.31. The summed E-state index contributed by atoms with van der Waals surface area (Å²) in [6.45, 7) is 12.2. The average molecular weight is 581 g/mol. The number of fused-ring (bicyclic) bond motifs is 1. The van der Waals surface area contributed by atoms with Gasteiger partial charge in [0, 0.05) is 30.1 Å². The fourth-order valence-corrected chi connectivity index (χ4v) is 6.26. The van der Waals surface area contributed by atoms with Crippen LogP contribution >= 0.6 is 11.6 Å². The van der Waals surface area contributed by atoms with Crippen molar-refractivity contribution in [2.24, 2.45) is 11.8 Å². The molecule has 0 saturated heterocycles. The van der Waals surface area contributed by atoms with Gasteiger partial charge in [0.25, 0.3) is 0 Å². The van der Waals surface area contributed by atoms with Gasteiger partial charge in [0.2, 0.25) is 0 Å². The number of ether oxygens (including phenoxy) is 1. The van der Waals surface area contributed by atoms with Crippen molar-refractivity contribution in [3.63, 3.8) is 0 Å². The summed E-state index contributed by atoms with van der Waals surface area (Å²) in [5.74, 6) is 1.60. The van der Waals surface area contributed by atoms with Crippen molar-refractivity contribution in [3.8, 4) is 5.75 Å². The number of benzene rings is 2. The predicted molar refractivity (Wildman–Crippen MR) is 171 cm³/mol. The normalized spacial score (nSPS) is 23.7. The SMILES string of the molecule is C=CC(C)(O)c1ccc2c(c1)N(CC1CCC1C(O)/C=C/CC(C)N(C)C)CC(c1ccc(Cl)cc1CCC)CO2. The first-order valence-electron chi connectivity index (χ1n) is 15.2. The second kappa shape index (κ2) is 13.8. The minimum atomic E-state index is -1.14. The van der Waals surface area contributed by atoms with E-state index < -0.39 is 11.7 Å². The van der Waals surface area contributed by atoms with E-state index in [1.54, 1.807) is 13.0 Å². The standard InChI is InChI=1S/C35H49ClN2O3/c1-7-10-25-19-29(36)15-17-30(25)27-22-38(32-20-28(35(4,40)8-2)14-18-34(32)41-23-27)21-26-13-16-31(26)33(39)12-9-11-24(3)37(5)6/h8-9,12,14-15,17-20,24,26-27,31,33,39-40H,2,7,10-11,13,16,21-23H2,1,3-6H3/b12-9+. The van der Waals surface area contributed by atoms with Gasteiger partial charge in [-0.2, -0.15) is 0 Å². The number of hydrogen-bond donors (Lipinski definition) is 2. The lowest BCUT2D eigenvalue weighted by Crippen LogP contribution is -2.44. The van der Waals surface area contributed by atoms with E-state index in [1.165, 1.54) is 11.1 Å². The van der Waals surface area contributed by atoms with Crippen LogP contribution in [0.25, 0.3) is 0 Å². The van der Waals surface area contributed by atoms with Crippen LogP contribution < -0.4 is 9.64 Å². The number of rotatable bonds is 12. The van der Waals surface area contributed by atoms with Crippen LogP contribution in [0.3, 0.4) is 0 Å². The molecule has 4 rings (SSSR count). The van der Waals surface area contributed by atoms with Crippen LogP contribution in [0.1, 0.15) is 69.1 Å². The molecule has 0 amide bonds. The fraction of sp³-hybridized carbons (Fsp3) is 0.543. The third-order valence-electron chi connectivity index (χ3n) is 9.29. The van der Waals surface area contributed by atoms with Gasteiger partial charge in [-0.15, -0.1) is 0 Å². The molecule has 2 N–H and O–H groups in total. The van der Waals surface area contributed by atoms with Crippen molar-refractivity contribution in [2.75, 3.05) is 38.7 Å². The smallest absolute Gasteiger partial charge is 0.142 e. The lowest BCUT2D eigenvalue weighted by atomic mass is 9.70. The molecule has 41 heavy (non-hydrogen) atoms. The Morgan fingerprint density at radius 3 is 2.66 bits per heavy atom. The molecule has 0 radical (unpaired) electrons. The topological polar surface area (TPSA) is 56.2 Å². The molecule has 1 heterocycles. The molecule has 2 aliphatic rings. The van der Waals surface area contributed by atoms with Crippen LogP contribution in [0, 0.1) is 11.8 Å². The molecule has 1 fully saturated rings. The fourth-order valence-electron chi connectivity index (χ4n) is 6.07. The van der Waals surface area contributed by atoms with Gasteiger partial charge in [-0.25, -0.2) is 0 Å². The summed E-state index contributed by atoms with van der Waals surface area (Å²) >= 11 is 6.40. The molecule has 6 unspecified atom stereocenters. The van der Waals surface area contributed by atoms with E-state index in [2.05, 4.69) is 68.6 Å². The molecule has 1 aliphatic heterocycles. The predicted octanol–water partition coefficient (Wildman–Crippen LogP) is 6.95. The molecular weight excluding hydrogens is 532 g/mol. The first-order valence-corrected chi connectivity index (χ1v) is 15.6. The number of aryl methyl sites for hydroxylation is 1. The molecule has 6 atom stereocenters. The van der Waals surface area contributed by atoms with Crippen molar-refractivity contribution >= 4 is 17.3 Å². The molecule has 1 aliphatic carbocycles. The Labute approximate surface area is 252 Å². The summed E-state index contributed by atoms with van der Waals surface area (Å²) in [4.78, 5) is 4.63. The van der Waals surface area contributed by atoms with Crippen LogP contribution in [0.2, 0.25) is 5.02 Å². The van der Waals surface area contributed by atoms with E-state index in [0.29, 0.717) is 18.6 Å². The van der Waals surface area contributed by atoms with Gasteiger partial charge in [0.1, 0.15) is 11.4 Å². The van der Waals surface area contributed by atoms with E-state index in [4.69, 9.17) is 16.3 Å². The molecule has 5 nitrogen and oxygen atoms in total. The molecule has 1 saturated carbocycles. The third kappa shape index (κ3) is 7.56. The van der Waals surface area contributed by atoms with Crippen LogP contribution in [-0.2, 0) is 12.0 Å². The summed E-state index contributed by atoms with van der Waals surface area (Å²) in [6.07, 6.45) is 10.3. The zero-order valence-corrected chi connectivity index (χ0v) is 26.3. The molecule has 2 aromatic carbocycles. The molecule has 2 aromatic rings. The number of nitrogens with zero attached hydrogens (tertiary/aromatic N) is 2. The highest BCUT2D eigenvalue weighted by Crippen LogP contribution is 2.43. The van der Waals surface area contributed by atoms with Gasteiger partial charge >= 0.3 is 0 Å². The quantitative estimate of drug-likeness (QED) is 0.266. The highest BCUT2D eigenvalue weighted by atomic mass is 35.5. The van der Waals surface area contributed by atoms with Crippen LogP contribution in [0.15, 0.2) is 61.2 Å². The van der Waals surface area contributed by atoms with Crippen LogP contribution in [-0.4, -0.2) is 61.1 Å². The largest absolute Gasteiger partial charge is 0.491 e. The molecule has 0 bridgehead atoms. The maximum atomic E-state index is 11.1. The van der Waals surface area contributed by atoms with E-state index >= 15 is 0 Å². The summed E-state index contributed by atoms with van der Waals surface area (Å²) in [5.41, 5.74) is 3.22. The Morgan fingerprint density at radius 1 is 1.22 bits per heavy atom. The number of aliphatic hydroxyl groups excluding tert-OH is 1. The number of aliphatic hydroxyl groups is 2. The number of anilines is 1. The second-order valence-corrected chi connectivity index (χ2v) is 12.9. The Balaban J connectivity index is 1.62. The van der Waals surface area contributed by atoms with E-state index in [9.17, 15) is 10.2 Å². The van der Waals surface area contributed by atoms with Gasteiger partial charge < -0.3 is 24.7 Å². The Kier molecular flexibility index (Phi) is 10.6. The maximum Gasteiger partial charge on any atom is 0.142 e. The lowest BCUT2D eigenvalue weighted by molar-refractivity contribution is 0.0460. The second-order valence-electron chi connectivity index (χ2n) is 12.5. The van der Waals surface area contributed by atoms with Crippen molar-refractivity contribution in [2.45, 2.75) is 76.5 Å². The third-order valence-corrected chi connectivity index (χ3v) is 9.52. The van der Waals surface area contributed by atoms with Gasteiger partial charge in [0.05, 0.1) is 18.4 Å². The average Bonchev–Trinajstić information content (AvgIpc) is 3.10. The first-order chi connectivity index (χ1) is 19.5. The van der Waals surface area contributed by atoms with E-state index in [1.807, 2.05) is 24.3 Å². The highest BCUT2D eigenvalue weighted by molar-refractivity contribution is 6.30. The van der Waals surface area contributed by atoms with Gasteiger partial charge in [-0.3, -0.25) is 0 Å². The zero-order valence-electron chi connectivity index (χ0n) is 25.5. The van der Waals surface area contributed by atoms with Crippen molar-refractivity contribution in [3.05, 3.63) is 82.9 Å². The Morgan fingerprint density at radius 2 is 2.00 bits per heavy atom. The number of hydrogen-bond acceptors (Lipinski definition) is 5. The van der Waals surface area contributed by atoms with Crippen molar-refractivity contribution in [1.29, 1.82) is 0 Å². The first kappa shape index (κ1) is 31.6. The number of halogens is 1. The monoisotopic (exact) mass is 580 g/mol. The van der Waals surface area contributed by atoms with Gasteiger partial charge in [-0.05, 0) is 106 Å². The highest BCUT2D eigenvalue weighted by Gasteiger charge is 2.38. The molecule has 0 aromatic heterocycles. The zero-order chi connectivity index (χ0) is 29.7. The lowest BCUT2D eigenvalue weighted by Gasteiger charge is -2.43. The minimum absolute atomic E-state index is 0.167. The van der Waals surface area contributed by atoms with Gasteiger partial charge in [-0.1, -0.05) is 61.9 Å². The molecule has 224 valence electrons. The van der Waals surface area contributed by atoms with Crippen LogP contribution in [0.5, 0.6) is 5.75 Å². The molecule has 6 heteroatoms. The summed E-state index contributed by atoms with van der Waals surface area (Å²) in [6, 6.07) is 12.7. The molecular formula is C35H49ClN2O3. The Bertz CT molecular complexity index is 1210. The van der Waals surface area contributed by atoms with E-state index in [-0.39, 0.29) is 11.8 Å². The maximum absolute atomic E-state index is 11.1. The summed E-state index contributed by atoms with van der Waals surface area (Å²) < 4.78 is 6.47.